The van der Waals surface area contributed by atoms with Crippen molar-refractivity contribution >= 4 is 22.7 Å². The molecule has 3 rings (SSSR count). The summed E-state index contributed by atoms with van der Waals surface area (Å²) in [6, 6.07) is 17.0. The van der Waals surface area contributed by atoms with E-state index in [1.165, 1.54) is 16.0 Å². The zero-order valence-electron chi connectivity index (χ0n) is 12.4. The number of hydrogen-bond acceptors (Lipinski definition) is 3. The normalized spacial score (nSPS) is 10.8. The fourth-order valence-electron chi connectivity index (χ4n) is 2.46. The lowest BCUT2D eigenvalue weighted by atomic mass is 10.0. The Labute approximate surface area is 129 Å². The van der Waals surface area contributed by atoms with Crippen LogP contribution in [0.3, 0.4) is 0 Å². The summed E-state index contributed by atoms with van der Waals surface area (Å²) >= 11 is 1.76. The monoisotopic (exact) mass is 295 g/mol. The third-order valence-corrected chi connectivity index (χ3v) is 4.33. The van der Waals surface area contributed by atoms with Crippen LogP contribution in [-0.4, -0.2) is 18.3 Å². The van der Waals surface area contributed by atoms with Crippen molar-refractivity contribution in [2.45, 2.75) is 11.8 Å². The van der Waals surface area contributed by atoms with Crippen molar-refractivity contribution in [1.29, 1.82) is 0 Å². The lowest BCUT2D eigenvalue weighted by molar-refractivity contribution is 0.399. The Morgan fingerprint density at radius 3 is 2.38 bits per heavy atom. The van der Waals surface area contributed by atoms with Gasteiger partial charge in [-0.25, -0.2) is 4.98 Å². The molecule has 0 saturated heterocycles. The van der Waals surface area contributed by atoms with Gasteiger partial charge in [-0.15, -0.1) is 11.8 Å². The van der Waals surface area contributed by atoms with Gasteiger partial charge in [0.1, 0.15) is 0 Å². The molecule has 1 heterocycles. The van der Waals surface area contributed by atoms with Crippen LogP contribution in [0.2, 0.25) is 0 Å². The predicted molar refractivity (Wildman–Crippen MR) is 90.2 cm³/mol. The van der Waals surface area contributed by atoms with Crippen molar-refractivity contribution in [1.82, 2.24) is 4.98 Å². The van der Waals surface area contributed by atoms with E-state index in [1.807, 2.05) is 6.07 Å². The van der Waals surface area contributed by atoms with E-state index >= 15 is 0 Å². The van der Waals surface area contributed by atoms with Gasteiger partial charge in [0, 0.05) is 16.3 Å². The van der Waals surface area contributed by atoms with E-state index in [2.05, 4.69) is 60.6 Å². The van der Waals surface area contributed by atoms with Crippen LogP contribution >= 0.6 is 11.8 Å². The molecule has 0 saturated carbocycles. The molecule has 0 amide bonds. The minimum Gasteiger partial charge on any atom is -0.481 e. The molecule has 0 aliphatic rings. The fraction of sp³-hybridized carbons (Fsp3) is 0.167. The summed E-state index contributed by atoms with van der Waals surface area (Å²) in [5.74, 6) is 0.655. The molecule has 0 fully saturated rings. The number of aromatic nitrogens is 1. The second-order valence-corrected chi connectivity index (χ2v) is 5.83. The number of hydrogen-bond donors (Lipinski definition) is 0. The molecule has 0 aliphatic carbocycles. The highest BCUT2D eigenvalue weighted by molar-refractivity contribution is 7.98. The standard InChI is InChI=1S/C18H17NOS/c1-12-10-15(13-4-7-16(21-3)8-5-13)11-14-6-9-17(20-2)19-18(12)14/h4-11H,1-3H3. The highest BCUT2D eigenvalue weighted by Gasteiger charge is 2.06. The maximum absolute atomic E-state index is 5.20. The van der Waals surface area contributed by atoms with Gasteiger partial charge in [0.25, 0.3) is 0 Å². The van der Waals surface area contributed by atoms with Gasteiger partial charge >= 0.3 is 0 Å². The summed E-state index contributed by atoms with van der Waals surface area (Å²) in [6.07, 6.45) is 2.09. The molecular weight excluding hydrogens is 278 g/mol. The highest BCUT2D eigenvalue weighted by atomic mass is 32.2. The molecule has 0 spiro atoms. The summed E-state index contributed by atoms with van der Waals surface area (Å²) in [7, 11) is 1.64. The first kappa shape index (κ1) is 14.0. The van der Waals surface area contributed by atoms with Crippen molar-refractivity contribution in [2.24, 2.45) is 0 Å². The van der Waals surface area contributed by atoms with E-state index in [1.54, 1.807) is 18.9 Å². The van der Waals surface area contributed by atoms with Crippen LogP contribution in [0.1, 0.15) is 5.56 Å². The first-order valence-corrected chi connectivity index (χ1v) is 8.03. The van der Waals surface area contributed by atoms with Gasteiger partial charge in [0.15, 0.2) is 0 Å². The van der Waals surface area contributed by atoms with E-state index in [0.717, 1.165) is 16.5 Å². The summed E-state index contributed by atoms with van der Waals surface area (Å²) in [6.45, 7) is 2.09. The average molecular weight is 295 g/mol. The van der Waals surface area contributed by atoms with E-state index in [0.29, 0.717) is 5.88 Å². The number of benzene rings is 2. The predicted octanol–water partition coefficient (Wildman–Crippen LogP) is 4.94. The van der Waals surface area contributed by atoms with Crippen molar-refractivity contribution in [2.75, 3.05) is 13.4 Å². The lowest BCUT2D eigenvalue weighted by Gasteiger charge is -2.09. The smallest absolute Gasteiger partial charge is 0.213 e. The van der Waals surface area contributed by atoms with Crippen LogP contribution in [0.15, 0.2) is 53.4 Å². The first-order chi connectivity index (χ1) is 10.2. The molecule has 0 bridgehead atoms. The maximum atomic E-state index is 5.20. The molecule has 106 valence electrons. The average Bonchev–Trinajstić information content (AvgIpc) is 2.54. The van der Waals surface area contributed by atoms with E-state index in [9.17, 15) is 0 Å². The SMILES string of the molecule is COc1ccc2cc(-c3ccc(SC)cc3)cc(C)c2n1. The molecule has 21 heavy (non-hydrogen) atoms. The zero-order valence-corrected chi connectivity index (χ0v) is 13.2. The Hall–Kier alpha value is -2.00. The van der Waals surface area contributed by atoms with Crippen LogP contribution in [-0.2, 0) is 0 Å². The number of ether oxygens (including phenoxy) is 1. The second kappa shape index (κ2) is 5.78. The molecule has 0 N–H and O–H groups in total. The van der Waals surface area contributed by atoms with Crippen molar-refractivity contribution in [3.8, 4) is 17.0 Å². The third kappa shape index (κ3) is 2.74. The Morgan fingerprint density at radius 2 is 1.71 bits per heavy atom. The third-order valence-electron chi connectivity index (χ3n) is 3.59. The number of pyridine rings is 1. The maximum Gasteiger partial charge on any atom is 0.213 e. The molecule has 0 radical (unpaired) electrons. The zero-order chi connectivity index (χ0) is 14.8. The van der Waals surface area contributed by atoms with E-state index in [4.69, 9.17) is 4.74 Å². The molecule has 0 aliphatic heterocycles. The molecule has 1 aromatic heterocycles. The number of aryl methyl sites for hydroxylation is 1. The molecule has 3 aromatic rings. The van der Waals surface area contributed by atoms with Gasteiger partial charge in [-0.1, -0.05) is 12.1 Å². The number of methoxy groups -OCH3 is 1. The summed E-state index contributed by atoms with van der Waals surface area (Å²) in [5, 5.41) is 1.14. The fourth-order valence-corrected chi connectivity index (χ4v) is 2.87. The second-order valence-electron chi connectivity index (χ2n) is 4.95. The van der Waals surface area contributed by atoms with Gasteiger partial charge < -0.3 is 4.74 Å². The molecule has 2 nitrogen and oxygen atoms in total. The molecule has 2 aromatic carbocycles. The van der Waals surface area contributed by atoms with Gasteiger partial charge in [0.05, 0.1) is 12.6 Å². The van der Waals surface area contributed by atoms with E-state index < -0.39 is 0 Å². The number of thioether (sulfide) groups is 1. The van der Waals surface area contributed by atoms with Crippen LogP contribution in [0.5, 0.6) is 5.88 Å². The Balaban J connectivity index is 2.11. The van der Waals surface area contributed by atoms with Gasteiger partial charge in [-0.05, 0) is 60.2 Å². The first-order valence-electron chi connectivity index (χ1n) is 6.81. The lowest BCUT2D eigenvalue weighted by Crippen LogP contribution is -1.91. The number of fused-ring (bicyclic) bond motifs is 1. The van der Waals surface area contributed by atoms with Crippen LogP contribution in [0.25, 0.3) is 22.0 Å². The van der Waals surface area contributed by atoms with Crippen molar-refractivity contribution in [3.63, 3.8) is 0 Å². The van der Waals surface area contributed by atoms with Crippen molar-refractivity contribution < 1.29 is 4.74 Å². The minimum atomic E-state index is 0.655. The van der Waals surface area contributed by atoms with Crippen LogP contribution in [0.4, 0.5) is 0 Å². The summed E-state index contributed by atoms with van der Waals surface area (Å²) in [4.78, 5) is 5.81. The molecule has 0 unspecified atom stereocenters. The van der Waals surface area contributed by atoms with Gasteiger partial charge in [0.2, 0.25) is 5.88 Å². The minimum absolute atomic E-state index is 0.655. The Kier molecular flexibility index (Phi) is 3.84. The molecule has 3 heteroatoms. The van der Waals surface area contributed by atoms with Gasteiger partial charge in [-0.3, -0.25) is 0 Å². The van der Waals surface area contributed by atoms with Gasteiger partial charge in [-0.2, -0.15) is 0 Å². The van der Waals surface area contributed by atoms with Crippen molar-refractivity contribution in [3.05, 3.63) is 54.1 Å². The topological polar surface area (TPSA) is 22.1 Å². The Morgan fingerprint density at radius 1 is 0.952 bits per heavy atom. The quantitative estimate of drug-likeness (QED) is 0.639. The Bertz CT molecular complexity index is 781. The summed E-state index contributed by atoms with van der Waals surface area (Å²) in [5.41, 5.74) is 4.61. The summed E-state index contributed by atoms with van der Waals surface area (Å²) < 4.78 is 5.20. The van der Waals surface area contributed by atoms with Crippen LogP contribution < -0.4 is 4.74 Å². The van der Waals surface area contributed by atoms with E-state index in [-0.39, 0.29) is 0 Å². The highest BCUT2D eigenvalue weighted by Crippen LogP contribution is 2.29. The number of rotatable bonds is 3. The number of nitrogens with zero attached hydrogens (tertiary/aromatic N) is 1. The largest absolute Gasteiger partial charge is 0.481 e. The molecular formula is C18H17NOS. The molecule has 0 atom stereocenters. The van der Waals surface area contributed by atoms with Crippen LogP contribution in [0, 0.1) is 6.92 Å².